The fourth-order valence-electron chi connectivity index (χ4n) is 3.48. The molecule has 28 heavy (non-hydrogen) atoms. The van der Waals surface area contributed by atoms with E-state index in [0.717, 1.165) is 28.2 Å². The molecule has 0 bridgehead atoms. The zero-order chi connectivity index (χ0) is 19.3. The first-order valence-corrected chi connectivity index (χ1v) is 9.37. The van der Waals surface area contributed by atoms with Crippen LogP contribution in [0.4, 0.5) is 0 Å². The summed E-state index contributed by atoms with van der Waals surface area (Å²) in [6.07, 6.45) is 1.02. The summed E-state index contributed by atoms with van der Waals surface area (Å²) in [6, 6.07) is 27.6. The van der Waals surface area contributed by atoms with Crippen molar-refractivity contribution in [3.8, 4) is 5.75 Å². The molecule has 0 aromatic heterocycles. The molecule has 3 aromatic carbocycles. The van der Waals surface area contributed by atoms with Crippen molar-refractivity contribution in [2.75, 3.05) is 7.11 Å². The summed E-state index contributed by atoms with van der Waals surface area (Å²) in [6.45, 7) is 0. The Morgan fingerprint density at radius 2 is 1.61 bits per heavy atom. The van der Waals surface area contributed by atoms with Crippen LogP contribution in [0.1, 0.15) is 29.2 Å². The molecule has 0 saturated heterocycles. The lowest BCUT2D eigenvalue weighted by Crippen LogP contribution is -2.28. The normalized spacial score (nSPS) is 16.0. The van der Waals surface area contributed by atoms with Gasteiger partial charge in [-0.3, -0.25) is 4.79 Å². The molecule has 0 N–H and O–H groups in total. The van der Waals surface area contributed by atoms with Crippen LogP contribution < -0.4 is 4.74 Å². The molecule has 0 aliphatic carbocycles. The van der Waals surface area contributed by atoms with Crippen LogP contribution in [0.5, 0.6) is 5.75 Å². The number of nitrogens with zero attached hydrogens (tertiary/aromatic N) is 2. The summed E-state index contributed by atoms with van der Waals surface area (Å²) >= 11 is 0. The SMILES string of the molecule is COc1ccc(C2CC(c3ccccc3)=NN2C(=O)Cc2ccccc2)cc1. The molecule has 1 aliphatic rings. The average Bonchev–Trinajstić information content (AvgIpc) is 3.21. The van der Waals surface area contributed by atoms with Crippen LogP contribution in [0, 0.1) is 0 Å². The Hall–Kier alpha value is -3.40. The van der Waals surface area contributed by atoms with Crippen molar-refractivity contribution in [2.24, 2.45) is 5.10 Å². The molecule has 140 valence electrons. The summed E-state index contributed by atoms with van der Waals surface area (Å²) in [4.78, 5) is 13.1. The predicted molar refractivity (Wildman–Crippen MR) is 110 cm³/mol. The van der Waals surface area contributed by atoms with Gasteiger partial charge in [0.1, 0.15) is 5.75 Å². The molecular weight excluding hydrogens is 348 g/mol. The number of rotatable bonds is 5. The van der Waals surface area contributed by atoms with E-state index < -0.39 is 0 Å². The largest absolute Gasteiger partial charge is 0.497 e. The molecule has 1 amide bonds. The molecular formula is C24H22N2O2. The van der Waals surface area contributed by atoms with Gasteiger partial charge in [-0.05, 0) is 28.8 Å². The van der Waals surface area contributed by atoms with E-state index in [4.69, 9.17) is 9.84 Å². The highest BCUT2D eigenvalue weighted by molar-refractivity contribution is 6.03. The Balaban J connectivity index is 1.64. The van der Waals surface area contributed by atoms with Crippen molar-refractivity contribution >= 4 is 11.6 Å². The molecule has 1 unspecified atom stereocenters. The summed E-state index contributed by atoms with van der Waals surface area (Å²) in [5, 5.41) is 6.37. The molecule has 0 spiro atoms. The van der Waals surface area contributed by atoms with Crippen molar-refractivity contribution in [2.45, 2.75) is 18.9 Å². The Bertz CT molecular complexity index is 967. The van der Waals surface area contributed by atoms with Gasteiger partial charge in [-0.15, -0.1) is 0 Å². The third kappa shape index (κ3) is 3.81. The van der Waals surface area contributed by atoms with Crippen molar-refractivity contribution in [1.29, 1.82) is 0 Å². The lowest BCUT2D eigenvalue weighted by Gasteiger charge is -2.22. The minimum atomic E-state index is -0.114. The van der Waals surface area contributed by atoms with Crippen molar-refractivity contribution in [3.63, 3.8) is 0 Å². The van der Waals surface area contributed by atoms with E-state index in [1.807, 2.05) is 84.9 Å². The summed E-state index contributed by atoms with van der Waals surface area (Å²) in [7, 11) is 1.65. The monoisotopic (exact) mass is 370 g/mol. The number of carbonyl (C=O) groups excluding carboxylic acids is 1. The summed E-state index contributed by atoms with van der Waals surface area (Å²) in [5.41, 5.74) is 4.03. The first kappa shape index (κ1) is 18.0. The molecule has 3 aromatic rings. The van der Waals surface area contributed by atoms with Gasteiger partial charge in [-0.2, -0.15) is 5.10 Å². The van der Waals surface area contributed by atoms with Crippen molar-refractivity contribution in [3.05, 3.63) is 102 Å². The van der Waals surface area contributed by atoms with E-state index in [-0.39, 0.29) is 11.9 Å². The van der Waals surface area contributed by atoms with Gasteiger partial charge in [0.15, 0.2) is 0 Å². The number of amides is 1. The standard InChI is InChI=1S/C24H22N2O2/c1-28-21-14-12-20(13-15-21)23-17-22(19-10-6-3-7-11-19)25-26(23)24(27)16-18-8-4-2-5-9-18/h2-15,23H,16-17H2,1H3. The van der Waals surface area contributed by atoms with Crippen LogP contribution in [0.25, 0.3) is 0 Å². The Morgan fingerprint density at radius 3 is 2.25 bits per heavy atom. The van der Waals surface area contributed by atoms with Crippen LogP contribution in [-0.2, 0) is 11.2 Å². The zero-order valence-electron chi connectivity index (χ0n) is 15.8. The van der Waals surface area contributed by atoms with Crippen LogP contribution in [0.3, 0.4) is 0 Å². The predicted octanol–water partition coefficient (Wildman–Crippen LogP) is 4.62. The lowest BCUT2D eigenvalue weighted by atomic mass is 9.98. The Morgan fingerprint density at radius 1 is 0.964 bits per heavy atom. The average molecular weight is 370 g/mol. The summed E-state index contributed by atoms with van der Waals surface area (Å²) < 4.78 is 5.27. The second-order valence-electron chi connectivity index (χ2n) is 6.81. The van der Waals surface area contributed by atoms with E-state index in [9.17, 15) is 4.79 Å². The van der Waals surface area contributed by atoms with Crippen LogP contribution in [0.15, 0.2) is 90.0 Å². The number of hydrogen-bond acceptors (Lipinski definition) is 3. The number of carbonyl (C=O) groups is 1. The molecule has 1 atom stereocenters. The third-order valence-corrected chi connectivity index (χ3v) is 4.97. The number of hydrogen-bond donors (Lipinski definition) is 0. The van der Waals surface area contributed by atoms with E-state index in [1.54, 1.807) is 12.1 Å². The molecule has 0 fully saturated rings. The zero-order valence-corrected chi connectivity index (χ0v) is 15.8. The third-order valence-electron chi connectivity index (χ3n) is 4.97. The van der Waals surface area contributed by atoms with Gasteiger partial charge in [0.2, 0.25) is 5.91 Å². The van der Waals surface area contributed by atoms with E-state index in [1.165, 1.54) is 0 Å². The highest BCUT2D eigenvalue weighted by Gasteiger charge is 2.32. The smallest absolute Gasteiger partial charge is 0.247 e. The lowest BCUT2D eigenvalue weighted by molar-refractivity contribution is -0.132. The molecule has 4 heteroatoms. The topological polar surface area (TPSA) is 41.9 Å². The second-order valence-corrected chi connectivity index (χ2v) is 6.81. The Labute approximate surface area is 165 Å². The maximum atomic E-state index is 13.1. The highest BCUT2D eigenvalue weighted by atomic mass is 16.5. The first-order valence-electron chi connectivity index (χ1n) is 9.37. The molecule has 0 saturated carbocycles. The molecule has 1 heterocycles. The summed E-state index contributed by atoms with van der Waals surface area (Å²) in [5.74, 6) is 0.797. The molecule has 4 nitrogen and oxygen atoms in total. The Kier molecular flexibility index (Phi) is 5.20. The van der Waals surface area contributed by atoms with Crippen molar-refractivity contribution < 1.29 is 9.53 Å². The van der Waals surface area contributed by atoms with Gasteiger partial charge in [-0.1, -0.05) is 72.8 Å². The number of hydrazone groups is 1. The van der Waals surface area contributed by atoms with E-state index in [0.29, 0.717) is 12.8 Å². The van der Waals surface area contributed by atoms with E-state index in [2.05, 4.69) is 0 Å². The fraction of sp³-hybridized carbons (Fsp3) is 0.167. The first-order chi connectivity index (χ1) is 13.7. The van der Waals surface area contributed by atoms with Gasteiger partial charge in [0.25, 0.3) is 0 Å². The molecule has 1 aliphatic heterocycles. The minimum Gasteiger partial charge on any atom is -0.497 e. The quantitative estimate of drug-likeness (QED) is 0.658. The minimum absolute atomic E-state index is 0.00190. The maximum absolute atomic E-state index is 13.1. The number of methoxy groups -OCH3 is 1. The van der Waals surface area contributed by atoms with Gasteiger partial charge in [0.05, 0.1) is 25.3 Å². The number of benzene rings is 3. The van der Waals surface area contributed by atoms with Gasteiger partial charge in [-0.25, -0.2) is 5.01 Å². The van der Waals surface area contributed by atoms with Gasteiger partial charge < -0.3 is 4.74 Å². The van der Waals surface area contributed by atoms with Crippen molar-refractivity contribution in [1.82, 2.24) is 5.01 Å². The second kappa shape index (κ2) is 8.09. The van der Waals surface area contributed by atoms with Gasteiger partial charge in [0, 0.05) is 6.42 Å². The van der Waals surface area contributed by atoms with Crippen LogP contribution in [0.2, 0.25) is 0 Å². The van der Waals surface area contributed by atoms with Crippen LogP contribution >= 0.6 is 0 Å². The highest BCUT2D eigenvalue weighted by Crippen LogP contribution is 2.34. The van der Waals surface area contributed by atoms with Gasteiger partial charge >= 0.3 is 0 Å². The van der Waals surface area contributed by atoms with Crippen LogP contribution in [-0.4, -0.2) is 23.7 Å². The fourth-order valence-corrected chi connectivity index (χ4v) is 3.48. The molecule has 0 radical (unpaired) electrons. The van der Waals surface area contributed by atoms with E-state index >= 15 is 0 Å². The number of ether oxygens (including phenoxy) is 1. The molecule has 4 rings (SSSR count). The maximum Gasteiger partial charge on any atom is 0.247 e.